The van der Waals surface area contributed by atoms with Gasteiger partial charge >= 0.3 is 0 Å². The van der Waals surface area contributed by atoms with E-state index in [1.165, 1.54) is 0 Å². The van der Waals surface area contributed by atoms with E-state index in [1.807, 2.05) is 38.1 Å². The Morgan fingerprint density at radius 2 is 1.67 bits per heavy atom. The molecule has 94 valence electrons. The number of nitrogens with zero attached hydrogens (tertiary/aromatic N) is 1. The number of hydrogen-bond donors (Lipinski definition) is 2. The summed E-state index contributed by atoms with van der Waals surface area (Å²) in [5, 5.41) is 13.7. The molecule has 0 saturated heterocycles. The molecule has 0 atom stereocenters. The van der Waals surface area contributed by atoms with Crippen LogP contribution in [0.15, 0.2) is 24.3 Å². The van der Waals surface area contributed by atoms with Gasteiger partial charge in [0, 0.05) is 10.7 Å². The third-order valence-electron chi connectivity index (χ3n) is 3.00. The lowest BCUT2D eigenvalue weighted by Gasteiger charge is -2.13. The molecule has 18 heavy (non-hydrogen) atoms. The number of hydrogen-bond acceptors (Lipinski definition) is 3. The first-order chi connectivity index (χ1) is 8.49. The number of nitrogens with one attached hydrogen (secondary N) is 1. The Bertz CT molecular complexity index is 579. The fourth-order valence-corrected chi connectivity index (χ4v) is 1.85. The molecule has 1 heterocycles. The Labute approximate surface area is 111 Å². The summed E-state index contributed by atoms with van der Waals surface area (Å²) in [6, 6.07) is 7.42. The number of anilines is 2. The van der Waals surface area contributed by atoms with Crippen molar-refractivity contribution < 1.29 is 5.11 Å². The molecule has 2 N–H and O–H groups in total. The molecule has 2 rings (SSSR count). The topological polar surface area (TPSA) is 45.2 Å². The third-order valence-corrected chi connectivity index (χ3v) is 3.25. The van der Waals surface area contributed by atoms with Gasteiger partial charge in [-0.1, -0.05) is 11.6 Å². The van der Waals surface area contributed by atoms with E-state index in [2.05, 4.69) is 10.3 Å². The van der Waals surface area contributed by atoms with Crippen LogP contribution >= 0.6 is 11.6 Å². The van der Waals surface area contributed by atoms with E-state index in [1.54, 1.807) is 6.92 Å². The fourth-order valence-electron chi connectivity index (χ4n) is 1.72. The maximum Gasteiger partial charge on any atom is 0.140 e. The summed E-state index contributed by atoms with van der Waals surface area (Å²) in [4.78, 5) is 4.36. The smallest absolute Gasteiger partial charge is 0.140 e. The quantitative estimate of drug-likeness (QED) is 0.856. The fraction of sp³-hybridized carbons (Fsp3) is 0.214. The molecule has 0 fully saturated rings. The van der Waals surface area contributed by atoms with E-state index in [-0.39, 0.29) is 5.75 Å². The summed E-state index contributed by atoms with van der Waals surface area (Å²) in [7, 11) is 0. The highest BCUT2D eigenvalue weighted by Gasteiger charge is 2.10. The summed E-state index contributed by atoms with van der Waals surface area (Å²) in [5.74, 6) is 1.01. The highest BCUT2D eigenvalue weighted by Crippen LogP contribution is 2.29. The number of rotatable bonds is 2. The summed E-state index contributed by atoms with van der Waals surface area (Å²) in [6.45, 7) is 5.60. The van der Waals surface area contributed by atoms with Gasteiger partial charge in [0.2, 0.25) is 0 Å². The van der Waals surface area contributed by atoms with Crippen LogP contribution in [-0.2, 0) is 0 Å². The minimum atomic E-state index is 0.258. The standard InChI is InChI=1S/C14H15ClN2O/c1-8-9(2)14(16-10(3)13(8)18)17-12-6-4-11(15)5-7-12/h4-7,18H,1-3H3,(H,16,17). The van der Waals surface area contributed by atoms with Gasteiger partial charge in [0.25, 0.3) is 0 Å². The second kappa shape index (κ2) is 4.86. The number of benzene rings is 1. The first kappa shape index (κ1) is 12.7. The summed E-state index contributed by atoms with van der Waals surface area (Å²) >= 11 is 5.84. The van der Waals surface area contributed by atoms with E-state index < -0.39 is 0 Å². The molecule has 0 amide bonds. The SMILES string of the molecule is Cc1nc(Nc2ccc(Cl)cc2)c(C)c(C)c1O. The second-order valence-electron chi connectivity index (χ2n) is 4.28. The molecule has 2 aromatic rings. The predicted octanol–water partition coefficient (Wildman–Crippen LogP) is 4.11. The van der Waals surface area contributed by atoms with Gasteiger partial charge in [0.15, 0.2) is 0 Å². The first-order valence-electron chi connectivity index (χ1n) is 5.68. The van der Waals surface area contributed by atoms with Crippen LogP contribution in [0.5, 0.6) is 5.75 Å². The van der Waals surface area contributed by atoms with Crippen molar-refractivity contribution in [1.29, 1.82) is 0 Å². The lowest BCUT2D eigenvalue weighted by atomic mass is 10.1. The molecule has 0 radical (unpaired) electrons. The van der Waals surface area contributed by atoms with E-state index >= 15 is 0 Å². The van der Waals surface area contributed by atoms with Crippen molar-refractivity contribution in [3.8, 4) is 5.75 Å². The van der Waals surface area contributed by atoms with Gasteiger partial charge in [-0.05, 0) is 56.2 Å². The Hall–Kier alpha value is -1.74. The Kier molecular flexibility index (Phi) is 3.43. The van der Waals surface area contributed by atoms with Crippen molar-refractivity contribution in [3.63, 3.8) is 0 Å². The van der Waals surface area contributed by atoms with Gasteiger partial charge in [-0.15, -0.1) is 0 Å². The first-order valence-corrected chi connectivity index (χ1v) is 6.06. The van der Waals surface area contributed by atoms with Crippen molar-refractivity contribution in [3.05, 3.63) is 46.1 Å². The normalized spacial score (nSPS) is 10.4. The number of halogens is 1. The van der Waals surface area contributed by atoms with Gasteiger partial charge in [-0.25, -0.2) is 4.98 Å². The lowest BCUT2D eigenvalue weighted by Crippen LogP contribution is -2.00. The zero-order chi connectivity index (χ0) is 13.3. The largest absolute Gasteiger partial charge is 0.506 e. The molecule has 1 aromatic heterocycles. The van der Waals surface area contributed by atoms with Gasteiger partial charge in [0.05, 0.1) is 5.69 Å². The number of aryl methyl sites for hydroxylation is 1. The van der Waals surface area contributed by atoms with Crippen molar-refractivity contribution >= 4 is 23.1 Å². The van der Waals surface area contributed by atoms with E-state index in [0.29, 0.717) is 10.7 Å². The van der Waals surface area contributed by atoms with Gasteiger partial charge in [-0.2, -0.15) is 0 Å². The average Bonchev–Trinajstić information content (AvgIpc) is 2.36. The summed E-state index contributed by atoms with van der Waals surface area (Å²) < 4.78 is 0. The van der Waals surface area contributed by atoms with Crippen molar-refractivity contribution in [2.75, 3.05) is 5.32 Å². The van der Waals surface area contributed by atoms with E-state index in [9.17, 15) is 5.11 Å². The van der Waals surface area contributed by atoms with Gasteiger partial charge in [-0.3, -0.25) is 0 Å². The summed E-state index contributed by atoms with van der Waals surface area (Å²) in [6.07, 6.45) is 0. The monoisotopic (exact) mass is 262 g/mol. The molecule has 3 nitrogen and oxygen atoms in total. The third kappa shape index (κ3) is 2.41. The maximum absolute atomic E-state index is 9.81. The number of pyridine rings is 1. The molecule has 0 aliphatic rings. The zero-order valence-electron chi connectivity index (χ0n) is 10.6. The minimum Gasteiger partial charge on any atom is -0.506 e. The van der Waals surface area contributed by atoms with E-state index in [4.69, 9.17) is 11.6 Å². The molecule has 0 aliphatic heterocycles. The van der Waals surface area contributed by atoms with Crippen molar-refractivity contribution in [2.45, 2.75) is 20.8 Å². The van der Waals surface area contributed by atoms with Crippen LogP contribution in [0.3, 0.4) is 0 Å². The molecule has 4 heteroatoms. The highest BCUT2D eigenvalue weighted by atomic mass is 35.5. The Balaban J connectivity index is 2.38. The molecular weight excluding hydrogens is 248 g/mol. The summed E-state index contributed by atoms with van der Waals surface area (Å²) in [5.41, 5.74) is 3.32. The average molecular weight is 263 g/mol. The molecular formula is C14H15ClN2O. The number of aromatic hydroxyl groups is 1. The minimum absolute atomic E-state index is 0.258. The Morgan fingerprint density at radius 3 is 2.28 bits per heavy atom. The maximum atomic E-state index is 9.81. The predicted molar refractivity (Wildman–Crippen MR) is 74.8 cm³/mol. The van der Waals surface area contributed by atoms with Gasteiger partial charge in [0.1, 0.15) is 11.6 Å². The second-order valence-corrected chi connectivity index (χ2v) is 4.71. The van der Waals surface area contributed by atoms with Crippen LogP contribution in [0.25, 0.3) is 0 Å². The van der Waals surface area contributed by atoms with Gasteiger partial charge < -0.3 is 10.4 Å². The van der Waals surface area contributed by atoms with Crippen LogP contribution in [0, 0.1) is 20.8 Å². The van der Waals surface area contributed by atoms with Crippen molar-refractivity contribution in [2.24, 2.45) is 0 Å². The molecule has 0 spiro atoms. The van der Waals surface area contributed by atoms with Crippen molar-refractivity contribution in [1.82, 2.24) is 4.98 Å². The molecule has 0 saturated carbocycles. The van der Waals surface area contributed by atoms with Crippen LogP contribution in [-0.4, -0.2) is 10.1 Å². The highest BCUT2D eigenvalue weighted by molar-refractivity contribution is 6.30. The number of aromatic nitrogens is 1. The Morgan fingerprint density at radius 1 is 1.06 bits per heavy atom. The van der Waals surface area contributed by atoms with E-state index in [0.717, 1.165) is 22.6 Å². The molecule has 0 aliphatic carbocycles. The van der Waals surface area contributed by atoms with Crippen LogP contribution in [0.4, 0.5) is 11.5 Å². The molecule has 0 bridgehead atoms. The zero-order valence-corrected chi connectivity index (χ0v) is 11.3. The lowest BCUT2D eigenvalue weighted by molar-refractivity contribution is 0.463. The molecule has 0 unspecified atom stereocenters. The van der Waals surface area contributed by atoms with Crippen LogP contribution in [0.1, 0.15) is 16.8 Å². The molecule has 1 aromatic carbocycles. The van der Waals surface area contributed by atoms with Crippen LogP contribution < -0.4 is 5.32 Å². The van der Waals surface area contributed by atoms with Crippen LogP contribution in [0.2, 0.25) is 5.02 Å².